The normalized spacial score (nSPS) is 18.0. The summed E-state index contributed by atoms with van der Waals surface area (Å²) >= 11 is 0. The van der Waals surface area contributed by atoms with Gasteiger partial charge in [0.05, 0.1) is 16.7 Å². The van der Waals surface area contributed by atoms with Crippen molar-refractivity contribution in [1.82, 2.24) is 0 Å². The first-order valence-corrected chi connectivity index (χ1v) is 16.1. The second kappa shape index (κ2) is 12.5. The molecule has 2 heterocycles. The van der Waals surface area contributed by atoms with Gasteiger partial charge in [-0.2, -0.15) is 13.0 Å². The van der Waals surface area contributed by atoms with Crippen molar-refractivity contribution in [2.24, 2.45) is 0 Å². The van der Waals surface area contributed by atoms with Gasteiger partial charge < -0.3 is 15.1 Å². The molecule has 0 aliphatic carbocycles. The molecule has 2 aromatic carbocycles. The largest absolute Gasteiger partial charge is 0.481 e. The maximum Gasteiger partial charge on any atom is 0.303 e. The van der Waals surface area contributed by atoms with Crippen LogP contribution in [0.3, 0.4) is 0 Å². The molecule has 0 aromatic heterocycles. The van der Waals surface area contributed by atoms with Gasteiger partial charge in [0.1, 0.15) is 6.54 Å². The molecule has 0 bridgehead atoms. The fraction of sp³-hybridized carbons (Fsp3) is 0.382. The van der Waals surface area contributed by atoms with Crippen molar-refractivity contribution in [1.29, 1.82) is 0 Å². The van der Waals surface area contributed by atoms with Crippen molar-refractivity contribution in [2.45, 2.75) is 76.0 Å². The van der Waals surface area contributed by atoms with Crippen molar-refractivity contribution in [2.75, 3.05) is 18.0 Å². The highest BCUT2D eigenvalue weighted by Gasteiger charge is 2.45. The standard InChI is InChI=1S/C34H40N2O7S/c1-23-15-17-27-25(21-23)33(2,3)29(35(27)19-9-13-31(37)38)11-7-6-8-12-30-34(4,5)26-22-24(44(41,42)43)16-18-28(26)36(30)20-10-14-32(39)40/h6-8,11-12,15-18,21-22H,9-10,13-14,19-20H2,1-5H3,(H2-,37,38,39,40,41,42,43)/p+1. The lowest BCUT2D eigenvalue weighted by atomic mass is 9.81. The third-order valence-corrected chi connectivity index (χ3v) is 9.33. The number of hydrogen-bond acceptors (Lipinski definition) is 5. The molecular formula is C34H41N2O7S+. The molecule has 10 heteroatoms. The molecule has 0 spiro atoms. The van der Waals surface area contributed by atoms with Gasteiger partial charge in [0, 0.05) is 53.9 Å². The molecule has 0 unspecified atom stereocenters. The molecule has 0 saturated heterocycles. The molecule has 0 atom stereocenters. The number of anilines is 1. The van der Waals surface area contributed by atoms with Gasteiger partial charge in [0.25, 0.3) is 10.1 Å². The van der Waals surface area contributed by atoms with Crippen LogP contribution in [-0.2, 0) is 30.5 Å². The van der Waals surface area contributed by atoms with Crippen LogP contribution in [0.25, 0.3) is 0 Å². The highest BCUT2D eigenvalue weighted by molar-refractivity contribution is 7.85. The first kappa shape index (κ1) is 32.9. The predicted octanol–water partition coefficient (Wildman–Crippen LogP) is 6.14. The van der Waals surface area contributed by atoms with Gasteiger partial charge in [-0.1, -0.05) is 49.8 Å². The van der Waals surface area contributed by atoms with Crippen molar-refractivity contribution in [3.8, 4) is 0 Å². The zero-order valence-corrected chi connectivity index (χ0v) is 26.7. The van der Waals surface area contributed by atoms with Crippen molar-refractivity contribution in [3.05, 3.63) is 89.2 Å². The molecular weight excluding hydrogens is 580 g/mol. The highest BCUT2D eigenvalue weighted by atomic mass is 32.2. The number of nitrogens with zero attached hydrogens (tertiary/aromatic N) is 2. The third kappa shape index (κ3) is 6.71. The molecule has 2 aliphatic rings. The molecule has 4 rings (SSSR count). The lowest BCUT2D eigenvalue weighted by molar-refractivity contribution is -0.438. The Kier molecular flexibility index (Phi) is 9.37. The SMILES string of the molecule is Cc1ccc2c(c1)C(C)(C)C(=CC=CC=CC1=[N+](CCCC(=O)O)c3ccc(S(=O)(=O)O)cc3C1(C)C)N2CCCC(=O)O. The summed E-state index contributed by atoms with van der Waals surface area (Å²) in [5.74, 6) is -1.70. The predicted molar refractivity (Wildman–Crippen MR) is 171 cm³/mol. The molecule has 2 aromatic rings. The Bertz CT molecular complexity index is 1710. The fourth-order valence-corrected chi connectivity index (χ4v) is 6.73. The van der Waals surface area contributed by atoms with E-state index in [1.54, 1.807) is 6.07 Å². The zero-order chi connectivity index (χ0) is 32.4. The second-order valence-electron chi connectivity index (χ2n) is 12.4. The summed E-state index contributed by atoms with van der Waals surface area (Å²) in [6, 6.07) is 10.9. The van der Waals surface area contributed by atoms with E-state index in [0.717, 1.165) is 33.9 Å². The van der Waals surface area contributed by atoms with Crippen LogP contribution in [-0.4, -0.2) is 58.5 Å². The summed E-state index contributed by atoms with van der Waals surface area (Å²) < 4.78 is 35.4. The number of fused-ring (bicyclic) bond motifs is 2. The van der Waals surface area contributed by atoms with Gasteiger partial charge in [0.15, 0.2) is 5.71 Å². The lowest BCUT2D eigenvalue weighted by Crippen LogP contribution is -2.28. The van der Waals surface area contributed by atoms with E-state index in [-0.39, 0.29) is 23.2 Å². The molecule has 2 aliphatic heterocycles. The Morgan fingerprint density at radius 2 is 1.57 bits per heavy atom. The quantitative estimate of drug-likeness (QED) is 0.146. The Balaban J connectivity index is 1.66. The Hall–Kier alpha value is -4.02. The number of hydrogen-bond donors (Lipinski definition) is 3. The number of aryl methyl sites for hydroxylation is 1. The summed E-state index contributed by atoms with van der Waals surface area (Å²) in [4.78, 5) is 24.4. The average Bonchev–Trinajstić information content (AvgIpc) is 3.26. The minimum absolute atomic E-state index is 0.000493. The Morgan fingerprint density at radius 3 is 2.23 bits per heavy atom. The highest BCUT2D eigenvalue weighted by Crippen LogP contribution is 2.48. The number of carbonyl (C=O) groups is 2. The van der Waals surface area contributed by atoms with E-state index in [0.29, 0.717) is 25.9 Å². The monoisotopic (exact) mass is 621 g/mol. The molecule has 0 amide bonds. The van der Waals surface area contributed by atoms with Crippen LogP contribution >= 0.6 is 0 Å². The first-order valence-electron chi connectivity index (χ1n) is 14.7. The number of carboxylic acid groups (broad SMARTS) is 2. The number of aliphatic carboxylic acids is 2. The summed E-state index contributed by atoms with van der Waals surface area (Å²) in [7, 11) is -4.39. The van der Waals surface area contributed by atoms with Crippen LogP contribution < -0.4 is 4.90 Å². The number of allylic oxidation sites excluding steroid dienone is 6. The van der Waals surface area contributed by atoms with Crippen molar-refractivity contribution in [3.63, 3.8) is 0 Å². The first-order chi connectivity index (χ1) is 20.5. The summed E-state index contributed by atoms with van der Waals surface area (Å²) in [6.45, 7) is 11.4. The van der Waals surface area contributed by atoms with Gasteiger partial charge in [-0.25, -0.2) is 0 Å². The lowest BCUT2D eigenvalue weighted by Gasteiger charge is -2.26. The van der Waals surface area contributed by atoms with Crippen LogP contribution in [0.4, 0.5) is 11.4 Å². The van der Waals surface area contributed by atoms with E-state index >= 15 is 0 Å². The van der Waals surface area contributed by atoms with E-state index in [1.807, 2.05) is 42.7 Å². The summed E-state index contributed by atoms with van der Waals surface area (Å²) in [5.41, 5.74) is 6.00. The van der Waals surface area contributed by atoms with Crippen LogP contribution in [0.15, 0.2) is 77.4 Å². The number of rotatable bonds is 12. The molecule has 3 N–H and O–H groups in total. The van der Waals surface area contributed by atoms with Crippen LogP contribution in [0, 0.1) is 6.92 Å². The van der Waals surface area contributed by atoms with Crippen LogP contribution in [0.1, 0.15) is 70.1 Å². The van der Waals surface area contributed by atoms with Crippen LogP contribution in [0.2, 0.25) is 0 Å². The van der Waals surface area contributed by atoms with Gasteiger partial charge in [-0.15, -0.1) is 0 Å². The number of benzene rings is 2. The molecule has 0 saturated carbocycles. The van der Waals surface area contributed by atoms with E-state index in [1.165, 1.54) is 17.7 Å². The maximum atomic E-state index is 11.9. The van der Waals surface area contributed by atoms with Gasteiger partial charge in [-0.3, -0.25) is 14.1 Å². The molecule has 0 radical (unpaired) electrons. The Labute approximate surface area is 259 Å². The Morgan fingerprint density at radius 1 is 0.886 bits per heavy atom. The fourth-order valence-electron chi connectivity index (χ4n) is 6.22. The van der Waals surface area contributed by atoms with E-state index < -0.39 is 27.5 Å². The topological polar surface area (TPSA) is 135 Å². The summed E-state index contributed by atoms with van der Waals surface area (Å²) in [5, 5.41) is 18.4. The number of carboxylic acids is 2. The maximum absolute atomic E-state index is 11.9. The summed E-state index contributed by atoms with van der Waals surface area (Å²) in [6.07, 6.45) is 10.8. The smallest absolute Gasteiger partial charge is 0.303 e. The second-order valence-corrected chi connectivity index (χ2v) is 13.8. The zero-order valence-electron chi connectivity index (χ0n) is 25.9. The molecule has 0 fully saturated rings. The van der Waals surface area contributed by atoms with Crippen molar-refractivity contribution < 1.29 is 37.3 Å². The third-order valence-electron chi connectivity index (χ3n) is 8.48. The minimum Gasteiger partial charge on any atom is -0.481 e. The molecule has 234 valence electrons. The molecule has 44 heavy (non-hydrogen) atoms. The minimum atomic E-state index is -4.39. The van der Waals surface area contributed by atoms with Gasteiger partial charge >= 0.3 is 11.9 Å². The van der Waals surface area contributed by atoms with Gasteiger partial charge in [-0.05, 0) is 57.0 Å². The average molecular weight is 622 g/mol. The van der Waals surface area contributed by atoms with E-state index in [9.17, 15) is 32.8 Å². The van der Waals surface area contributed by atoms with Gasteiger partial charge in [0.2, 0.25) is 5.69 Å². The van der Waals surface area contributed by atoms with E-state index in [2.05, 4.69) is 49.9 Å². The van der Waals surface area contributed by atoms with E-state index in [4.69, 9.17) is 0 Å². The van der Waals surface area contributed by atoms with Crippen LogP contribution in [0.5, 0.6) is 0 Å². The van der Waals surface area contributed by atoms with Crippen molar-refractivity contribution >= 4 is 39.1 Å². The molecule has 9 nitrogen and oxygen atoms in total.